The number of nitrogens with zero attached hydrogens (tertiary/aromatic N) is 5. The summed E-state index contributed by atoms with van der Waals surface area (Å²) >= 11 is 0. The molecule has 0 spiro atoms. The second-order valence-corrected chi connectivity index (χ2v) is 8.84. The minimum absolute atomic E-state index is 0.0728. The summed E-state index contributed by atoms with van der Waals surface area (Å²) in [6, 6.07) is 7.06. The van der Waals surface area contributed by atoms with Crippen LogP contribution in [0.25, 0.3) is 22.4 Å². The topological polar surface area (TPSA) is 95.5 Å². The zero-order valence-electron chi connectivity index (χ0n) is 19.2. The number of alkyl halides is 2. The van der Waals surface area contributed by atoms with Gasteiger partial charge in [0.2, 0.25) is 6.79 Å². The first-order chi connectivity index (χ1) is 16.8. The Bertz CT molecular complexity index is 1480. The monoisotopic (exact) mass is 481 g/mol. The first-order valence-corrected chi connectivity index (χ1v) is 11.2. The fraction of sp³-hybridized carbons (Fsp3) is 0.333. The molecule has 0 bridgehead atoms. The van der Waals surface area contributed by atoms with Crippen LogP contribution in [0.2, 0.25) is 0 Å². The molecule has 0 saturated carbocycles. The molecular weight excluding hydrogens is 460 g/mol. The maximum Gasteiger partial charge on any atom is 0.260 e. The van der Waals surface area contributed by atoms with E-state index in [0.717, 1.165) is 0 Å². The van der Waals surface area contributed by atoms with Gasteiger partial charge in [0.15, 0.2) is 11.5 Å². The van der Waals surface area contributed by atoms with Gasteiger partial charge in [0.05, 0.1) is 16.6 Å². The minimum Gasteiger partial charge on any atom is -0.454 e. The number of rotatable bonds is 3. The fourth-order valence-corrected chi connectivity index (χ4v) is 4.83. The van der Waals surface area contributed by atoms with Gasteiger partial charge in [0, 0.05) is 23.4 Å². The number of pyridine rings is 1. The molecule has 2 aliphatic rings. The SMILES string of the molecule is Cc1cc(C(=O)N2c3cc(C)nn3[C@H](C(F)F)C[C@@H]2C)c2c(-c3ccc4c(c3)OCO4)noc2n1. The molecule has 1 amide bonds. The van der Waals surface area contributed by atoms with Crippen molar-refractivity contribution in [3.63, 3.8) is 0 Å². The molecule has 0 N–H and O–H groups in total. The number of aromatic nitrogens is 4. The standard InChI is InChI=1S/C24H21F2N5O4/c1-11-6-15(24(32)30-13(3)8-16(22(25)26)31-19(30)7-12(2)28-31)20-21(29-35-23(20)27-11)14-4-5-17-18(9-14)34-10-33-17/h4-7,9,13,16,22H,8,10H2,1-3H3/t13-,16-/m0/s1. The summed E-state index contributed by atoms with van der Waals surface area (Å²) in [4.78, 5) is 20.0. The molecule has 11 heteroatoms. The molecule has 4 aromatic rings. The van der Waals surface area contributed by atoms with Crippen molar-refractivity contribution < 1.29 is 27.6 Å². The van der Waals surface area contributed by atoms with Crippen LogP contribution >= 0.6 is 0 Å². The molecule has 2 aliphatic heterocycles. The van der Waals surface area contributed by atoms with Crippen molar-refractivity contribution in [2.75, 3.05) is 11.7 Å². The maximum atomic E-state index is 14.0. The first-order valence-electron chi connectivity index (χ1n) is 11.2. The predicted octanol–water partition coefficient (Wildman–Crippen LogP) is 4.68. The third kappa shape index (κ3) is 3.33. The second kappa shape index (κ2) is 7.76. The zero-order chi connectivity index (χ0) is 24.4. The highest BCUT2D eigenvalue weighted by Crippen LogP contribution is 2.40. The van der Waals surface area contributed by atoms with Crippen molar-refractivity contribution in [3.05, 3.63) is 47.3 Å². The van der Waals surface area contributed by atoms with Crippen molar-refractivity contribution in [1.82, 2.24) is 19.9 Å². The lowest BCUT2D eigenvalue weighted by molar-refractivity contribution is 0.0609. The summed E-state index contributed by atoms with van der Waals surface area (Å²) in [6.45, 7) is 5.35. The van der Waals surface area contributed by atoms with Crippen molar-refractivity contribution in [1.29, 1.82) is 0 Å². The Morgan fingerprint density at radius 1 is 1.11 bits per heavy atom. The molecule has 0 aliphatic carbocycles. The van der Waals surface area contributed by atoms with E-state index in [9.17, 15) is 13.6 Å². The van der Waals surface area contributed by atoms with E-state index in [1.165, 1.54) is 9.58 Å². The summed E-state index contributed by atoms with van der Waals surface area (Å²) in [5.41, 5.74) is 2.73. The molecule has 9 nitrogen and oxygen atoms in total. The number of ether oxygens (including phenoxy) is 2. The van der Waals surface area contributed by atoms with Gasteiger partial charge in [-0.3, -0.25) is 9.69 Å². The number of amides is 1. The van der Waals surface area contributed by atoms with E-state index in [1.807, 2.05) is 0 Å². The second-order valence-electron chi connectivity index (χ2n) is 8.84. The smallest absolute Gasteiger partial charge is 0.260 e. The van der Waals surface area contributed by atoms with Crippen LogP contribution in [-0.4, -0.2) is 45.1 Å². The predicted molar refractivity (Wildman–Crippen MR) is 121 cm³/mol. The highest BCUT2D eigenvalue weighted by molar-refractivity contribution is 6.16. The average molecular weight is 481 g/mol. The summed E-state index contributed by atoms with van der Waals surface area (Å²) < 4.78 is 45.2. The number of halogens is 2. The van der Waals surface area contributed by atoms with Crippen LogP contribution in [0, 0.1) is 13.8 Å². The van der Waals surface area contributed by atoms with Crippen molar-refractivity contribution in [3.8, 4) is 22.8 Å². The Hall–Kier alpha value is -4.02. The number of hydrogen-bond acceptors (Lipinski definition) is 7. The van der Waals surface area contributed by atoms with Gasteiger partial charge in [-0.25, -0.2) is 18.4 Å². The Labute approximate surface area is 198 Å². The lowest BCUT2D eigenvalue weighted by atomic mass is 10.00. The molecule has 5 heterocycles. The normalized spacial score (nSPS) is 19.0. The summed E-state index contributed by atoms with van der Waals surface area (Å²) in [5, 5.41) is 8.89. The summed E-state index contributed by atoms with van der Waals surface area (Å²) in [5.74, 6) is 1.15. The van der Waals surface area contributed by atoms with Gasteiger partial charge in [-0.2, -0.15) is 5.10 Å². The van der Waals surface area contributed by atoms with Crippen LogP contribution in [0.1, 0.15) is 41.1 Å². The quantitative estimate of drug-likeness (QED) is 0.419. The third-order valence-corrected chi connectivity index (χ3v) is 6.38. The van der Waals surface area contributed by atoms with E-state index in [1.54, 1.807) is 51.1 Å². The van der Waals surface area contributed by atoms with E-state index in [2.05, 4.69) is 15.2 Å². The van der Waals surface area contributed by atoms with Crippen LogP contribution in [-0.2, 0) is 0 Å². The molecule has 35 heavy (non-hydrogen) atoms. The van der Waals surface area contributed by atoms with Crippen molar-refractivity contribution in [2.24, 2.45) is 0 Å². The Morgan fingerprint density at radius 2 is 1.91 bits per heavy atom. The van der Waals surface area contributed by atoms with Gasteiger partial charge >= 0.3 is 0 Å². The molecule has 3 aromatic heterocycles. The highest BCUT2D eigenvalue weighted by atomic mass is 19.3. The van der Waals surface area contributed by atoms with Gasteiger partial charge in [0.1, 0.15) is 17.6 Å². The molecular formula is C24H21F2N5O4. The summed E-state index contributed by atoms with van der Waals surface area (Å²) in [7, 11) is 0. The molecule has 180 valence electrons. The number of benzene rings is 1. The molecule has 0 radical (unpaired) electrons. The van der Waals surface area contributed by atoms with Crippen molar-refractivity contribution >= 4 is 22.8 Å². The largest absolute Gasteiger partial charge is 0.454 e. The van der Waals surface area contributed by atoms with Crippen LogP contribution in [0.5, 0.6) is 11.5 Å². The Balaban J connectivity index is 1.50. The Morgan fingerprint density at radius 3 is 2.71 bits per heavy atom. The lowest BCUT2D eigenvalue weighted by Crippen LogP contribution is -2.46. The minimum atomic E-state index is -2.60. The number of aryl methyl sites for hydroxylation is 2. The molecule has 6 rings (SSSR count). The van der Waals surface area contributed by atoms with Gasteiger partial charge in [-0.05, 0) is 51.5 Å². The zero-order valence-corrected chi connectivity index (χ0v) is 19.2. The number of carbonyl (C=O) groups excluding carboxylic acids is 1. The molecule has 0 fully saturated rings. The van der Waals surface area contributed by atoms with Crippen LogP contribution < -0.4 is 14.4 Å². The van der Waals surface area contributed by atoms with Gasteiger partial charge < -0.3 is 14.0 Å². The van der Waals surface area contributed by atoms with E-state index in [-0.39, 0.29) is 24.8 Å². The van der Waals surface area contributed by atoms with E-state index in [0.29, 0.717) is 50.9 Å². The number of hydrogen-bond donors (Lipinski definition) is 0. The van der Waals surface area contributed by atoms with Crippen LogP contribution in [0.4, 0.5) is 14.6 Å². The van der Waals surface area contributed by atoms with Crippen molar-refractivity contribution in [2.45, 2.75) is 45.7 Å². The first kappa shape index (κ1) is 21.5. The van der Waals surface area contributed by atoms with Crippen LogP contribution in [0.15, 0.2) is 34.9 Å². The number of fused-ring (bicyclic) bond motifs is 3. The van der Waals surface area contributed by atoms with Gasteiger partial charge in [-0.1, -0.05) is 5.16 Å². The summed E-state index contributed by atoms with van der Waals surface area (Å²) in [6.07, 6.45) is -2.53. The number of anilines is 1. The van der Waals surface area contributed by atoms with Crippen LogP contribution in [0.3, 0.4) is 0 Å². The lowest BCUT2D eigenvalue weighted by Gasteiger charge is -2.37. The average Bonchev–Trinajstić information content (AvgIpc) is 3.54. The maximum absolute atomic E-state index is 14.0. The number of carbonyl (C=O) groups is 1. The van der Waals surface area contributed by atoms with E-state index < -0.39 is 18.5 Å². The van der Waals surface area contributed by atoms with Gasteiger partial charge in [0.25, 0.3) is 18.0 Å². The van der Waals surface area contributed by atoms with Gasteiger partial charge in [-0.15, -0.1) is 0 Å². The van der Waals surface area contributed by atoms with E-state index >= 15 is 0 Å². The third-order valence-electron chi connectivity index (χ3n) is 6.38. The molecule has 1 aromatic carbocycles. The fourth-order valence-electron chi connectivity index (χ4n) is 4.83. The Kier molecular flexibility index (Phi) is 4.77. The molecule has 0 unspecified atom stereocenters. The molecule has 0 saturated heterocycles. The highest BCUT2D eigenvalue weighted by Gasteiger charge is 2.40. The molecule has 2 atom stereocenters. The van der Waals surface area contributed by atoms with E-state index in [4.69, 9.17) is 14.0 Å².